The van der Waals surface area contributed by atoms with Gasteiger partial charge in [-0.2, -0.15) is 5.26 Å². The molecule has 0 aliphatic heterocycles. The predicted molar refractivity (Wildman–Crippen MR) is 67.2 cm³/mol. The Morgan fingerprint density at radius 2 is 2.17 bits per heavy atom. The van der Waals surface area contributed by atoms with Crippen molar-refractivity contribution in [2.24, 2.45) is 5.92 Å². The minimum atomic E-state index is -0.408. The number of nitriles is 1. The summed E-state index contributed by atoms with van der Waals surface area (Å²) >= 11 is 0. The molecule has 1 aromatic heterocycles. The minimum Gasteiger partial charge on any atom is -0.351 e. The van der Waals surface area contributed by atoms with E-state index in [9.17, 15) is 4.79 Å². The van der Waals surface area contributed by atoms with Crippen molar-refractivity contribution < 1.29 is 4.79 Å². The van der Waals surface area contributed by atoms with Gasteiger partial charge in [0.2, 0.25) is 5.95 Å². The lowest BCUT2D eigenvalue weighted by atomic mass is 10.2. The third-order valence-corrected chi connectivity index (χ3v) is 1.95. The molecule has 0 fully saturated rings. The Balaban J connectivity index is 2.61. The molecule has 2 N–H and O–H groups in total. The zero-order valence-electron chi connectivity index (χ0n) is 10.3. The number of rotatable bonds is 5. The van der Waals surface area contributed by atoms with Crippen molar-refractivity contribution in [3.05, 3.63) is 30.2 Å². The second-order valence-electron chi connectivity index (χ2n) is 3.99. The number of hydrogen-bond acceptors (Lipinski definition) is 5. The first-order valence-corrected chi connectivity index (χ1v) is 5.55. The molecule has 0 aliphatic rings. The van der Waals surface area contributed by atoms with Gasteiger partial charge in [0, 0.05) is 25.1 Å². The van der Waals surface area contributed by atoms with Crippen LogP contribution in [0.1, 0.15) is 13.8 Å². The molecule has 0 saturated heterocycles. The molecule has 0 unspecified atom stereocenters. The van der Waals surface area contributed by atoms with Crippen molar-refractivity contribution in [2.75, 3.05) is 11.9 Å². The Morgan fingerprint density at radius 3 is 2.72 bits per heavy atom. The molecule has 0 aromatic carbocycles. The van der Waals surface area contributed by atoms with Crippen molar-refractivity contribution in [3.63, 3.8) is 0 Å². The summed E-state index contributed by atoms with van der Waals surface area (Å²) in [6.45, 7) is 4.48. The summed E-state index contributed by atoms with van der Waals surface area (Å²) in [6.07, 6.45) is 4.42. The Bertz CT molecular complexity index is 461. The van der Waals surface area contributed by atoms with Gasteiger partial charge in [0.15, 0.2) is 0 Å². The summed E-state index contributed by atoms with van der Waals surface area (Å²) < 4.78 is 0. The molecule has 1 aromatic rings. The van der Waals surface area contributed by atoms with Gasteiger partial charge in [0.05, 0.1) is 0 Å². The summed E-state index contributed by atoms with van der Waals surface area (Å²) in [5.41, 5.74) is -0.0110. The molecule has 0 atom stereocenters. The molecule has 1 rings (SSSR count). The fraction of sp³-hybridized carbons (Fsp3) is 0.333. The summed E-state index contributed by atoms with van der Waals surface area (Å²) in [4.78, 5) is 19.4. The van der Waals surface area contributed by atoms with E-state index in [-0.39, 0.29) is 5.57 Å². The highest BCUT2D eigenvalue weighted by Crippen LogP contribution is 1.98. The molecule has 6 nitrogen and oxygen atoms in total. The molecular weight excluding hydrogens is 230 g/mol. The highest BCUT2D eigenvalue weighted by Gasteiger charge is 2.08. The average Bonchev–Trinajstić information content (AvgIpc) is 2.38. The number of anilines is 1. The Hall–Kier alpha value is -2.42. The van der Waals surface area contributed by atoms with E-state index in [4.69, 9.17) is 5.26 Å². The van der Waals surface area contributed by atoms with Crippen molar-refractivity contribution >= 4 is 11.9 Å². The van der Waals surface area contributed by atoms with E-state index >= 15 is 0 Å². The second-order valence-corrected chi connectivity index (χ2v) is 3.99. The molecule has 0 radical (unpaired) electrons. The number of carbonyl (C=O) groups excluding carboxylic acids is 1. The second kappa shape index (κ2) is 7.01. The van der Waals surface area contributed by atoms with Gasteiger partial charge in [-0.3, -0.25) is 4.79 Å². The van der Waals surface area contributed by atoms with Gasteiger partial charge < -0.3 is 10.6 Å². The van der Waals surface area contributed by atoms with Crippen LogP contribution in [0, 0.1) is 17.2 Å². The molecule has 1 heterocycles. The smallest absolute Gasteiger partial charge is 0.263 e. The van der Waals surface area contributed by atoms with Gasteiger partial charge in [-0.05, 0) is 12.0 Å². The molecule has 0 spiro atoms. The van der Waals surface area contributed by atoms with Crippen LogP contribution < -0.4 is 10.6 Å². The van der Waals surface area contributed by atoms with Crippen LogP contribution in [0.15, 0.2) is 30.2 Å². The number of nitrogens with zero attached hydrogens (tertiary/aromatic N) is 3. The van der Waals surface area contributed by atoms with E-state index in [2.05, 4.69) is 20.6 Å². The van der Waals surface area contributed by atoms with Crippen molar-refractivity contribution in [1.29, 1.82) is 5.26 Å². The maximum atomic E-state index is 11.6. The standard InChI is InChI=1S/C12H15N5O/c1-9(2)7-16-11(18)10(6-13)8-17-12-14-4-3-5-15-12/h3-5,8-9H,7H2,1-2H3,(H,16,18)(H,14,15,17)/b10-8-. The van der Waals surface area contributed by atoms with Crippen LogP contribution in [0.4, 0.5) is 5.95 Å². The van der Waals surface area contributed by atoms with Crippen LogP contribution in [0.3, 0.4) is 0 Å². The van der Waals surface area contributed by atoms with E-state index in [1.54, 1.807) is 18.5 Å². The van der Waals surface area contributed by atoms with Crippen LogP contribution >= 0.6 is 0 Å². The lowest BCUT2D eigenvalue weighted by Crippen LogP contribution is -2.28. The van der Waals surface area contributed by atoms with Gasteiger partial charge in [-0.15, -0.1) is 0 Å². The molecule has 0 bridgehead atoms. The highest BCUT2D eigenvalue weighted by molar-refractivity contribution is 5.97. The topological polar surface area (TPSA) is 90.7 Å². The maximum absolute atomic E-state index is 11.6. The zero-order valence-corrected chi connectivity index (χ0v) is 10.3. The first-order chi connectivity index (χ1) is 8.63. The van der Waals surface area contributed by atoms with Crippen molar-refractivity contribution in [1.82, 2.24) is 15.3 Å². The Labute approximate surface area is 106 Å². The zero-order chi connectivity index (χ0) is 13.4. The van der Waals surface area contributed by atoms with Crippen LogP contribution in [0.5, 0.6) is 0 Å². The number of carbonyl (C=O) groups is 1. The predicted octanol–water partition coefficient (Wildman–Crippen LogP) is 1.07. The van der Waals surface area contributed by atoms with Gasteiger partial charge >= 0.3 is 0 Å². The minimum absolute atomic E-state index is 0.0110. The SMILES string of the molecule is CC(C)CNC(=O)/C(C#N)=C\Nc1ncccn1. The van der Waals surface area contributed by atoms with E-state index < -0.39 is 5.91 Å². The van der Waals surface area contributed by atoms with E-state index in [0.717, 1.165) is 0 Å². The highest BCUT2D eigenvalue weighted by atomic mass is 16.1. The van der Waals surface area contributed by atoms with E-state index in [1.165, 1.54) is 6.20 Å². The summed E-state index contributed by atoms with van der Waals surface area (Å²) in [5.74, 6) is 0.260. The molecular formula is C12H15N5O. The molecule has 18 heavy (non-hydrogen) atoms. The summed E-state index contributed by atoms with van der Waals surface area (Å²) in [7, 11) is 0. The lowest BCUT2D eigenvalue weighted by molar-refractivity contribution is -0.117. The van der Waals surface area contributed by atoms with Gasteiger partial charge in [-0.25, -0.2) is 9.97 Å². The van der Waals surface area contributed by atoms with Crippen LogP contribution in [0.2, 0.25) is 0 Å². The largest absolute Gasteiger partial charge is 0.351 e. The monoisotopic (exact) mass is 245 g/mol. The number of aromatic nitrogens is 2. The first-order valence-electron chi connectivity index (χ1n) is 5.55. The molecule has 0 aliphatic carbocycles. The number of amides is 1. The first kappa shape index (κ1) is 13.6. The summed E-state index contributed by atoms with van der Waals surface area (Å²) in [6, 6.07) is 3.50. The summed E-state index contributed by atoms with van der Waals surface area (Å²) in [5, 5.41) is 14.2. The average molecular weight is 245 g/mol. The van der Waals surface area contributed by atoms with Gasteiger partial charge in [0.25, 0.3) is 5.91 Å². The van der Waals surface area contributed by atoms with Crippen LogP contribution in [0.25, 0.3) is 0 Å². The van der Waals surface area contributed by atoms with Crippen LogP contribution in [-0.2, 0) is 4.79 Å². The molecule has 94 valence electrons. The van der Waals surface area contributed by atoms with Gasteiger partial charge in [0.1, 0.15) is 11.6 Å². The Morgan fingerprint density at radius 1 is 1.50 bits per heavy atom. The maximum Gasteiger partial charge on any atom is 0.263 e. The van der Waals surface area contributed by atoms with E-state index in [0.29, 0.717) is 18.4 Å². The third-order valence-electron chi connectivity index (χ3n) is 1.95. The quantitative estimate of drug-likeness (QED) is 0.598. The van der Waals surface area contributed by atoms with Crippen LogP contribution in [-0.4, -0.2) is 22.4 Å². The molecule has 1 amide bonds. The molecule has 6 heteroatoms. The molecule has 0 saturated carbocycles. The normalized spacial score (nSPS) is 10.9. The van der Waals surface area contributed by atoms with E-state index in [1.807, 2.05) is 19.9 Å². The number of nitrogens with one attached hydrogen (secondary N) is 2. The van der Waals surface area contributed by atoms with Gasteiger partial charge in [-0.1, -0.05) is 13.8 Å². The van der Waals surface area contributed by atoms with Crippen molar-refractivity contribution in [3.8, 4) is 6.07 Å². The fourth-order valence-corrected chi connectivity index (χ4v) is 1.05. The fourth-order valence-electron chi connectivity index (χ4n) is 1.05. The van der Waals surface area contributed by atoms with Crippen molar-refractivity contribution in [2.45, 2.75) is 13.8 Å². The Kier molecular flexibility index (Phi) is 5.32. The lowest BCUT2D eigenvalue weighted by Gasteiger charge is -2.06. The third kappa shape index (κ3) is 4.61. The number of hydrogen-bond donors (Lipinski definition) is 2.